The van der Waals surface area contributed by atoms with Gasteiger partial charge in [-0.2, -0.15) is 0 Å². The smallest absolute Gasteiger partial charge is 0.253 e. The highest BCUT2D eigenvalue weighted by atomic mass is 35.5. The number of benzene rings is 1. The molecule has 0 fully saturated rings. The summed E-state index contributed by atoms with van der Waals surface area (Å²) in [4.78, 5) is 11.6. The molecule has 0 heterocycles. The van der Waals surface area contributed by atoms with Crippen LogP contribution in [0.3, 0.4) is 0 Å². The maximum Gasteiger partial charge on any atom is 0.253 e. The summed E-state index contributed by atoms with van der Waals surface area (Å²) in [6.07, 6.45) is 2.68. The van der Waals surface area contributed by atoms with Gasteiger partial charge in [-0.25, -0.2) is 17.9 Å². The van der Waals surface area contributed by atoms with E-state index in [2.05, 4.69) is 5.32 Å². The fourth-order valence-corrected chi connectivity index (χ4v) is 2.52. The van der Waals surface area contributed by atoms with E-state index < -0.39 is 31.7 Å². The van der Waals surface area contributed by atoms with Crippen molar-refractivity contribution in [2.45, 2.75) is 44.0 Å². The van der Waals surface area contributed by atoms with Crippen molar-refractivity contribution in [3.05, 3.63) is 28.5 Å². The van der Waals surface area contributed by atoms with Crippen LogP contribution in [0.15, 0.2) is 17.0 Å². The highest BCUT2D eigenvalue weighted by Gasteiger charge is 2.20. The number of carbonyl (C=O) groups is 1. The van der Waals surface area contributed by atoms with Crippen molar-refractivity contribution in [2.75, 3.05) is 0 Å². The maximum atomic E-state index is 13.6. The molecule has 0 radical (unpaired) electrons. The van der Waals surface area contributed by atoms with Gasteiger partial charge in [0.2, 0.25) is 10.0 Å². The van der Waals surface area contributed by atoms with Gasteiger partial charge in [0.05, 0.1) is 15.5 Å². The Hall–Kier alpha value is -1.18. The monoisotopic (exact) mass is 336 g/mol. The molecular formula is C13H18ClFN2O3S. The Bertz CT molecular complexity index is 635. The minimum atomic E-state index is -4.12. The van der Waals surface area contributed by atoms with E-state index in [4.69, 9.17) is 16.7 Å². The van der Waals surface area contributed by atoms with Gasteiger partial charge >= 0.3 is 0 Å². The zero-order valence-electron chi connectivity index (χ0n) is 11.8. The van der Waals surface area contributed by atoms with Gasteiger partial charge in [-0.15, -0.1) is 0 Å². The Morgan fingerprint density at radius 1 is 1.48 bits per heavy atom. The summed E-state index contributed by atoms with van der Waals surface area (Å²) in [5.41, 5.74) is -0.246. The number of rotatable bonds is 6. The molecule has 0 aromatic heterocycles. The van der Waals surface area contributed by atoms with Crippen LogP contribution in [0.5, 0.6) is 0 Å². The van der Waals surface area contributed by atoms with E-state index >= 15 is 0 Å². The molecule has 0 aliphatic rings. The van der Waals surface area contributed by atoms with E-state index in [1.807, 2.05) is 6.92 Å². The molecule has 1 rings (SSSR count). The van der Waals surface area contributed by atoms with Crippen LogP contribution >= 0.6 is 11.6 Å². The Morgan fingerprint density at radius 2 is 2.10 bits per heavy atom. The maximum absolute atomic E-state index is 13.6. The fraction of sp³-hybridized carbons (Fsp3) is 0.462. The number of hydrogen-bond donors (Lipinski definition) is 2. The SMILES string of the molecule is CCCCC(C)NC(=O)c1cc(S(N)(=O)=O)cc(F)c1Cl. The van der Waals surface area contributed by atoms with E-state index in [0.717, 1.165) is 25.3 Å². The second kappa shape index (κ2) is 7.20. The second-order valence-electron chi connectivity index (χ2n) is 4.83. The van der Waals surface area contributed by atoms with Gasteiger partial charge in [0.1, 0.15) is 5.82 Å². The van der Waals surface area contributed by atoms with E-state index in [1.54, 1.807) is 6.92 Å². The molecule has 1 aromatic rings. The van der Waals surface area contributed by atoms with Crippen molar-refractivity contribution < 1.29 is 17.6 Å². The van der Waals surface area contributed by atoms with Gasteiger partial charge in [0.25, 0.3) is 5.91 Å². The standard InChI is InChI=1S/C13H18ClFN2O3S/c1-3-4-5-8(2)17-13(18)10-6-9(21(16,19)20)7-11(15)12(10)14/h6-8H,3-5H2,1-2H3,(H,17,18)(H2,16,19,20). The lowest BCUT2D eigenvalue weighted by atomic mass is 10.1. The molecule has 3 N–H and O–H groups in total. The van der Waals surface area contributed by atoms with E-state index in [0.29, 0.717) is 6.07 Å². The lowest BCUT2D eigenvalue weighted by Crippen LogP contribution is -2.33. The Labute approximate surface area is 128 Å². The average molecular weight is 337 g/mol. The van der Waals surface area contributed by atoms with Gasteiger partial charge in [-0.05, 0) is 25.5 Å². The largest absolute Gasteiger partial charge is 0.350 e. The topological polar surface area (TPSA) is 89.3 Å². The molecule has 8 heteroatoms. The van der Waals surface area contributed by atoms with Crippen LogP contribution in [0, 0.1) is 5.82 Å². The predicted octanol–water partition coefficient (Wildman–Crippen LogP) is 2.43. The Balaban J connectivity index is 3.06. The molecule has 5 nitrogen and oxygen atoms in total. The zero-order chi connectivity index (χ0) is 16.2. The first-order valence-electron chi connectivity index (χ1n) is 6.49. The summed E-state index contributed by atoms with van der Waals surface area (Å²) in [5, 5.41) is 7.17. The molecule has 1 unspecified atom stereocenters. The van der Waals surface area contributed by atoms with Gasteiger partial charge in [-0.1, -0.05) is 31.4 Å². The summed E-state index contributed by atoms with van der Waals surface area (Å²) in [6.45, 7) is 3.83. The van der Waals surface area contributed by atoms with Gasteiger partial charge < -0.3 is 5.32 Å². The molecule has 21 heavy (non-hydrogen) atoms. The minimum Gasteiger partial charge on any atom is -0.350 e. The van der Waals surface area contributed by atoms with Crippen LogP contribution < -0.4 is 10.5 Å². The zero-order valence-corrected chi connectivity index (χ0v) is 13.4. The summed E-state index contributed by atoms with van der Waals surface area (Å²) in [7, 11) is -4.12. The number of amides is 1. The van der Waals surface area contributed by atoms with Crippen LogP contribution in [0.25, 0.3) is 0 Å². The lowest BCUT2D eigenvalue weighted by molar-refractivity contribution is 0.0937. The Kier molecular flexibility index (Phi) is 6.12. The molecule has 0 bridgehead atoms. The third kappa shape index (κ3) is 4.94. The van der Waals surface area contributed by atoms with Crippen LogP contribution in [0.1, 0.15) is 43.5 Å². The van der Waals surface area contributed by atoms with Crippen LogP contribution in [-0.2, 0) is 10.0 Å². The number of primary sulfonamides is 1. The van der Waals surface area contributed by atoms with Crippen LogP contribution in [-0.4, -0.2) is 20.4 Å². The van der Waals surface area contributed by atoms with E-state index in [9.17, 15) is 17.6 Å². The van der Waals surface area contributed by atoms with E-state index in [1.165, 1.54) is 0 Å². The Morgan fingerprint density at radius 3 is 2.62 bits per heavy atom. The second-order valence-corrected chi connectivity index (χ2v) is 6.77. The fourth-order valence-electron chi connectivity index (χ4n) is 1.78. The number of unbranched alkanes of at least 4 members (excludes halogenated alkanes) is 1. The summed E-state index contributed by atoms with van der Waals surface area (Å²) < 4.78 is 36.2. The number of nitrogens with two attached hydrogens (primary N) is 1. The minimum absolute atomic E-state index is 0.130. The molecule has 118 valence electrons. The predicted molar refractivity (Wildman–Crippen MR) is 79.2 cm³/mol. The summed E-state index contributed by atoms with van der Waals surface area (Å²) in [5.74, 6) is -1.64. The highest BCUT2D eigenvalue weighted by Crippen LogP contribution is 2.24. The van der Waals surface area contributed by atoms with Crippen molar-refractivity contribution in [1.82, 2.24) is 5.32 Å². The first-order valence-corrected chi connectivity index (χ1v) is 8.42. The molecule has 1 atom stereocenters. The quantitative estimate of drug-likeness (QED) is 0.836. The van der Waals surface area contributed by atoms with Crippen molar-refractivity contribution in [1.29, 1.82) is 0 Å². The summed E-state index contributed by atoms with van der Waals surface area (Å²) in [6, 6.07) is 1.53. The number of hydrogen-bond acceptors (Lipinski definition) is 3. The molecule has 0 aliphatic carbocycles. The molecule has 0 saturated heterocycles. The summed E-state index contributed by atoms with van der Waals surface area (Å²) >= 11 is 5.73. The third-order valence-electron chi connectivity index (χ3n) is 2.94. The third-order valence-corrected chi connectivity index (χ3v) is 4.22. The van der Waals surface area contributed by atoms with Crippen LogP contribution in [0.2, 0.25) is 5.02 Å². The lowest BCUT2D eigenvalue weighted by Gasteiger charge is -2.14. The molecular weight excluding hydrogens is 319 g/mol. The van der Waals surface area contributed by atoms with Crippen LogP contribution in [0.4, 0.5) is 4.39 Å². The molecule has 0 spiro atoms. The first kappa shape index (κ1) is 17.9. The number of halogens is 2. The van der Waals surface area contributed by atoms with Gasteiger partial charge in [-0.3, -0.25) is 4.79 Å². The van der Waals surface area contributed by atoms with Crippen molar-refractivity contribution in [2.24, 2.45) is 5.14 Å². The van der Waals surface area contributed by atoms with Gasteiger partial charge in [0, 0.05) is 6.04 Å². The van der Waals surface area contributed by atoms with Crippen molar-refractivity contribution in [3.8, 4) is 0 Å². The number of sulfonamides is 1. The highest BCUT2D eigenvalue weighted by molar-refractivity contribution is 7.89. The molecule has 0 saturated carbocycles. The first-order chi connectivity index (χ1) is 9.66. The van der Waals surface area contributed by atoms with Crippen molar-refractivity contribution >= 4 is 27.5 Å². The van der Waals surface area contributed by atoms with Crippen molar-refractivity contribution in [3.63, 3.8) is 0 Å². The molecule has 1 amide bonds. The normalized spacial score (nSPS) is 13.0. The molecule has 0 aliphatic heterocycles. The average Bonchev–Trinajstić information content (AvgIpc) is 2.37. The van der Waals surface area contributed by atoms with E-state index in [-0.39, 0.29) is 11.6 Å². The van der Waals surface area contributed by atoms with Gasteiger partial charge in [0.15, 0.2) is 0 Å². The number of nitrogens with one attached hydrogen (secondary N) is 1. The number of carbonyl (C=O) groups excluding carboxylic acids is 1. The molecule has 1 aromatic carbocycles.